The van der Waals surface area contributed by atoms with E-state index >= 15 is 0 Å². The van der Waals surface area contributed by atoms with Crippen LogP contribution in [0, 0.1) is 0 Å². The van der Waals surface area contributed by atoms with Crippen LogP contribution in [0.25, 0.3) is 0 Å². The van der Waals surface area contributed by atoms with E-state index in [0.29, 0.717) is 6.42 Å². The van der Waals surface area contributed by atoms with Crippen molar-refractivity contribution < 1.29 is 4.39 Å². The average Bonchev–Trinajstić information content (AvgIpc) is 2.12. The highest BCUT2D eigenvalue weighted by molar-refractivity contribution is 5.32. The van der Waals surface area contributed by atoms with Gasteiger partial charge in [0, 0.05) is 0 Å². The molecule has 2 N–H and O–H groups in total. The van der Waals surface area contributed by atoms with Gasteiger partial charge in [0.25, 0.3) is 0 Å². The highest BCUT2D eigenvalue weighted by Crippen LogP contribution is 2.29. The molecule has 0 saturated heterocycles. The third kappa shape index (κ3) is 1.12. The summed E-state index contributed by atoms with van der Waals surface area (Å²) in [6, 6.07) is 7.43. The summed E-state index contributed by atoms with van der Waals surface area (Å²) in [4.78, 5) is 0. The molecule has 1 aliphatic rings. The Bertz CT molecular complexity index is 285. The van der Waals surface area contributed by atoms with Gasteiger partial charge in [-0.2, -0.15) is 0 Å². The Morgan fingerprint density at radius 2 is 2.08 bits per heavy atom. The van der Waals surface area contributed by atoms with Crippen LogP contribution >= 0.6 is 0 Å². The van der Waals surface area contributed by atoms with Crippen LogP contribution in [-0.2, 0) is 6.42 Å². The van der Waals surface area contributed by atoms with E-state index in [1.807, 2.05) is 24.3 Å². The molecular formula is C10H12FN. The van der Waals surface area contributed by atoms with E-state index < -0.39 is 12.2 Å². The maximum absolute atomic E-state index is 13.1. The SMILES string of the molecule is N[C@@H]1c2ccccc2CC[C@H]1F. The molecule has 0 spiro atoms. The average molecular weight is 165 g/mol. The van der Waals surface area contributed by atoms with Gasteiger partial charge in [0.2, 0.25) is 0 Å². The van der Waals surface area contributed by atoms with Crippen molar-refractivity contribution in [2.75, 3.05) is 0 Å². The van der Waals surface area contributed by atoms with Gasteiger partial charge in [-0.1, -0.05) is 24.3 Å². The normalized spacial score (nSPS) is 28.2. The lowest BCUT2D eigenvalue weighted by molar-refractivity contribution is 0.255. The van der Waals surface area contributed by atoms with Gasteiger partial charge in [0.15, 0.2) is 0 Å². The molecule has 64 valence electrons. The lowest BCUT2D eigenvalue weighted by Crippen LogP contribution is -2.28. The number of benzene rings is 1. The second kappa shape index (κ2) is 2.87. The van der Waals surface area contributed by atoms with Crippen LogP contribution in [0.3, 0.4) is 0 Å². The minimum Gasteiger partial charge on any atom is -0.322 e. The second-order valence-corrected chi connectivity index (χ2v) is 3.28. The Kier molecular flexibility index (Phi) is 1.85. The molecule has 12 heavy (non-hydrogen) atoms. The lowest BCUT2D eigenvalue weighted by Gasteiger charge is -2.25. The first kappa shape index (κ1) is 7.74. The Hall–Kier alpha value is -0.890. The van der Waals surface area contributed by atoms with Crippen LogP contribution in [0.2, 0.25) is 0 Å². The molecular weight excluding hydrogens is 153 g/mol. The van der Waals surface area contributed by atoms with E-state index in [2.05, 4.69) is 0 Å². The fourth-order valence-electron chi connectivity index (χ4n) is 1.75. The van der Waals surface area contributed by atoms with Crippen molar-refractivity contribution in [3.05, 3.63) is 35.4 Å². The largest absolute Gasteiger partial charge is 0.322 e. The van der Waals surface area contributed by atoms with Gasteiger partial charge >= 0.3 is 0 Å². The van der Waals surface area contributed by atoms with Crippen LogP contribution in [0.15, 0.2) is 24.3 Å². The molecule has 2 atom stereocenters. The molecule has 1 aliphatic carbocycles. The Morgan fingerprint density at radius 3 is 2.92 bits per heavy atom. The number of fused-ring (bicyclic) bond motifs is 1. The number of hydrogen-bond donors (Lipinski definition) is 1. The topological polar surface area (TPSA) is 26.0 Å². The second-order valence-electron chi connectivity index (χ2n) is 3.28. The quantitative estimate of drug-likeness (QED) is 0.625. The zero-order valence-electron chi connectivity index (χ0n) is 6.83. The first-order valence-electron chi connectivity index (χ1n) is 4.26. The van der Waals surface area contributed by atoms with Crippen molar-refractivity contribution in [2.24, 2.45) is 5.73 Å². The molecule has 2 heteroatoms. The molecule has 0 bridgehead atoms. The summed E-state index contributed by atoms with van der Waals surface area (Å²) in [6.45, 7) is 0. The first-order chi connectivity index (χ1) is 5.79. The number of halogens is 1. The molecule has 0 radical (unpaired) electrons. The Labute approximate surface area is 71.4 Å². The van der Waals surface area contributed by atoms with Crippen LogP contribution < -0.4 is 5.73 Å². The molecule has 1 aromatic rings. The molecule has 2 rings (SSSR count). The zero-order chi connectivity index (χ0) is 8.55. The summed E-state index contributed by atoms with van der Waals surface area (Å²) < 4.78 is 13.1. The maximum atomic E-state index is 13.1. The summed E-state index contributed by atoms with van der Waals surface area (Å²) in [5, 5.41) is 0. The van der Waals surface area contributed by atoms with Crippen molar-refractivity contribution in [2.45, 2.75) is 25.1 Å². The molecule has 1 nitrogen and oxygen atoms in total. The molecule has 1 aromatic carbocycles. The predicted octanol–water partition coefficient (Wildman–Crippen LogP) is 1.97. The standard InChI is InChI=1S/C10H12FN/c11-9-6-5-7-3-1-2-4-8(7)10(9)12/h1-4,9-10H,5-6,12H2/t9-,10-/m1/s1. The van der Waals surface area contributed by atoms with Crippen molar-refractivity contribution in [3.8, 4) is 0 Å². The number of aryl methyl sites for hydroxylation is 1. The molecule has 0 aliphatic heterocycles. The Morgan fingerprint density at radius 1 is 1.33 bits per heavy atom. The van der Waals surface area contributed by atoms with E-state index in [-0.39, 0.29) is 0 Å². The number of nitrogens with two attached hydrogens (primary N) is 1. The van der Waals surface area contributed by atoms with E-state index in [0.717, 1.165) is 12.0 Å². The summed E-state index contributed by atoms with van der Waals surface area (Å²) in [5.74, 6) is 0. The number of rotatable bonds is 0. The molecule has 0 amide bonds. The Balaban J connectivity index is 2.42. The van der Waals surface area contributed by atoms with Crippen molar-refractivity contribution >= 4 is 0 Å². The molecule has 0 aromatic heterocycles. The first-order valence-corrected chi connectivity index (χ1v) is 4.26. The van der Waals surface area contributed by atoms with E-state index in [4.69, 9.17) is 5.73 Å². The summed E-state index contributed by atoms with van der Waals surface area (Å²) in [7, 11) is 0. The predicted molar refractivity (Wildman–Crippen MR) is 46.6 cm³/mol. The van der Waals surface area contributed by atoms with Crippen LogP contribution in [0.1, 0.15) is 23.6 Å². The molecule has 0 unspecified atom stereocenters. The summed E-state index contributed by atoms with van der Waals surface area (Å²) in [5.41, 5.74) is 7.90. The van der Waals surface area contributed by atoms with Gasteiger partial charge in [0.05, 0.1) is 6.04 Å². The summed E-state index contributed by atoms with van der Waals surface area (Å²) >= 11 is 0. The maximum Gasteiger partial charge on any atom is 0.120 e. The molecule has 0 saturated carbocycles. The third-order valence-corrected chi connectivity index (χ3v) is 2.49. The fraction of sp³-hybridized carbons (Fsp3) is 0.400. The van der Waals surface area contributed by atoms with Gasteiger partial charge in [-0.3, -0.25) is 0 Å². The van der Waals surface area contributed by atoms with E-state index in [9.17, 15) is 4.39 Å². The zero-order valence-corrected chi connectivity index (χ0v) is 6.83. The van der Waals surface area contributed by atoms with Gasteiger partial charge in [-0.15, -0.1) is 0 Å². The highest BCUT2D eigenvalue weighted by atomic mass is 19.1. The molecule has 0 heterocycles. The van der Waals surface area contributed by atoms with Crippen LogP contribution in [0.4, 0.5) is 4.39 Å². The monoisotopic (exact) mass is 165 g/mol. The van der Waals surface area contributed by atoms with Gasteiger partial charge in [0.1, 0.15) is 6.17 Å². The van der Waals surface area contributed by atoms with E-state index in [1.54, 1.807) is 0 Å². The van der Waals surface area contributed by atoms with Crippen LogP contribution in [0.5, 0.6) is 0 Å². The van der Waals surface area contributed by atoms with E-state index in [1.165, 1.54) is 5.56 Å². The third-order valence-electron chi connectivity index (χ3n) is 2.49. The van der Waals surface area contributed by atoms with Crippen molar-refractivity contribution in [3.63, 3.8) is 0 Å². The minimum atomic E-state index is -0.861. The molecule has 0 fully saturated rings. The van der Waals surface area contributed by atoms with Crippen LogP contribution in [-0.4, -0.2) is 6.17 Å². The lowest BCUT2D eigenvalue weighted by atomic mass is 9.87. The fourth-order valence-corrected chi connectivity index (χ4v) is 1.75. The van der Waals surface area contributed by atoms with Gasteiger partial charge in [-0.05, 0) is 24.0 Å². The van der Waals surface area contributed by atoms with Gasteiger partial charge in [-0.25, -0.2) is 4.39 Å². The minimum absolute atomic E-state index is 0.407. The number of alkyl halides is 1. The smallest absolute Gasteiger partial charge is 0.120 e. The van der Waals surface area contributed by atoms with Crippen molar-refractivity contribution in [1.29, 1.82) is 0 Å². The highest BCUT2D eigenvalue weighted by Gasteiger charge is 2.25. The van der Waals surface area contributed by atoms with Gasteiger partial charge < -0.3 is 5.73 Å². The summed E-state index contributed by atoms with van der Waals surface area (Å²) in [6.07, 6.45) is 0.531. The number of hydrogen-bond acceptors (Lipinski definition) is 1. The van der Waals surface area contributed by atoms with Crippen molar-refractivity contribution in [1.82, 2.24) is 0 Å².